The van der Waals surface area contributed by atoms with Crippen LogP contribution in [0.3, 0.4) is 0 Å². The van der Waals surface area contributed by atoms with Crippen molar-refractivity contribution in [2.24, 2.45) is 0 Å². The fraction of sp³-hybridized carbons (Fsp3) is 0.188. The third-order valence-corrected chi connectivity index (χ3v) is 3.56. The molecule has 5 nitrogen and oxygen atoms in total. The molecule has 1 aromatic heterocycles. The first-order valence-electron chi connectivity index (χ1n) is 6.89. The first-order valence-corrected chi connectivity index (χ1v) is 6.89. The SMILES string of the molecule is CCc1cccc(C)c1NC(=O)c1ccc2n[nH]nc2c1. The van der Waals surface area contributed by atoms with Crippen molar-refractivity contribution in [1.29, 1.82) is 0 Å². The maximum Gasteiger partial charge on any atom is 0.255 e. The molecule has 0 aliphatic heterocycles. The number of hydrogen-bond acceptors (Lipinski definition) is 3. The quantitative estimate of drug-likeness (QED) is 0.774. The van der Waals surface area contributed by atoms with Crippen molar-refractivity contribution in [3.63, 3.8) is 0 Å². The van der Waals surface area contributed by atoms with E-state index < -0.39 is 0 Å². The maximum atomic E-state index is 12.4. The van der Waals surface area contributed by atoms with E-state index >= 15 is 0 Å². The average molecular weight is 280 g/mol. The molecule has 21 heavy (non-hydrogen) atoms. The molecule has 0 fully saturated rings. The van der Waals surface area contributed by atoms with Gasteiger partial charge in [-0.1, -0.05) is 25.1 Å². The summed E-state index contributed by atoms with van der Waals surface area (Å²) in [6.07, 6.45) is 0.875. The molecule has 0 spiro atoms. The number of nitrogens with one attached hydrogen (secondary N) is 2. The Balaban J connectivity index is 1.92. The van der Waals surface area contributed by atoms with Crippen molar-refractivity contribution in [1.82, 2.24) is 15.4 Å². The van der Waals surface area contributed by atoms with E-state index in [0.717, 1.165) is 28.8 Å². The molecule has 2 N–H and O–H groups in total. The summed E-state index contributed by atoms with van der Waals surface area (Å²) < 4.78 is 0. The number of hydrogen-bond donors (Lipinski definition) is 2. The van der Waals surface area contributed by atoms with Crippen LogP contribution in [-0.4, -0.2) is 21.3 Å². The highest BCUT2D eigenvalue weighted by atomic mass is 16.1. The Morgan fingerprint density at radius 3 is 2.81 bits per heavy atom. The molecule has 0 bridgehead atoms. The van der Waals surface area contributed by atoms with Gasteiger partial charge in [-0.2, -0.15) is 15.4 Å². The van der Waals surface area contributed by atoms with Gasteiger partial charge >= 0.3 is 0 Å². The molecule has 1 heterocycles. The second kappa shape index (κ2) is 5.36. The van der Waals surface area contributed by atoms with E-state index in [0.29, 0.717) is 11.1 Å². The summed E-state index contributed by atoms with van der Waals surface area (Å²) in [5.41, 5.74) is 5.09. The van der Waals surface area contributed by atoms with Crippen LogP contribution in [0.25, 0.3) is 11.0 Å². The summed E-state index contributed by atoms with van der Waals surface area (Å²) in [4.78, 5) is 12.4. The van der Waals surface area contributed by atoms with E-state index in [9.17, 15) is 4.79 Å². The normalized spacial score (nSPS) is 10.8. The Hall–Kier alpha value is -2.69. The van der Waals surface area contributed by atoms with Crippen LogP contribution in [0.1, 0.15) is 28.4 Å². The number of carbonyl (C=O) groups is 1. The summed E-state index contributed by atoms with van der Waals surface area (Å²) in [6.45, 7) is 4.07. The van der Waals surface area contributed by atoms with E-state index in [1.807, 2.05) is 25.1 Å². The number of nitrogens with zero attached hydrogens (tertiary/aromatic N) is 2. The number of fused-ring (bicyclic) bond motifs is 1. The number of amides is 1. The number of aromatic amines is 1. The lowest BCUT2D eigenvalue weighted by Gasteiger charge is -2.12. The molecule has 0 unspecified atom stereocenters. The maximum absolute atomic E-state index is 12.4. The van der Waals surface area contributed by atoms with Crippen LogP contribution < -0.4 is 5.32 Å². The Bertz CT molecular complexity index is 807. The number of para-hydroxylation sites is 1. The second-order valence-corrected chi connectivity index (χ2v) is 4.94. The van der Waals surface area contributed by atoms with Gasteiger partial charge in [0.15, 0.2) is 0 Å². The molecular formula is C16H16N4O. The molecule has 2 aromatic carbocycles. The van der Waals surface area contributed by atoms with E-state index in [2.05, 4.69) is 27.7 Å². The number of rotatable bonds is 3. The van der Waals surface area contributed by atoms with E-state index in [-0.39, 0.29) is 5.91 Å². The highest BCUT2D eigenvalue weighted by Crippen LogP contribution is 2.22. The third-order valence-electron chi connectivity index (χ3n) is 3.56. The van der Waals surface area contributed by atoms with Crippen molar-refractivity contribution >= 4 is 22.6 Å². The van der Waals surface area contributed by atoms with Crippen LogP contribution in [0.15, 0.2) is 36.4 Å². The molecular weight excluding hydrogens is 264 g/mol. The third kappa shape index (κ3) is 2.50. The minimum atomic E-state index is -0.135. The topological polar surface area (TPSA) is 70.7 Å². The Kier molecular flexibility index (Phi) is 3.39. The van der Waals surface area contributed by atoms with Gasteiger partial charge in [-0.25, -0.2) is 0 Å². The molecule has 3 rings (SSSR count). The van der Waals surface area contributed by atoms with Crippen LogP contribution >= 0.6 is 0 Å². The molecule has 106 valence electrons. The minimum absolute atomic E-state index is 0.135. The van der Waals surface area contributed by atoms with Crippen LogP contribution in [0.2, 0.25) is 0 Å². The predicted octanol–water partition coefficient (Wildman–Crippen LogP) is 3.08. The molecule has 0 saturated carbocycles. The first kappa shape index (κ1) is 13.3. The fourth-order valence-corrected chi connectivity index (χ4v) is 2.37. The first-order chi connectivity index (χ1) is 10.2. The molecule has 0 saturated heterocycles. The van der Waals surface area contributed by atoms with Crippen LogP contribution in [0.4, 0.5) is 5.69 Å². The highest BCUT2D eigenvalue weighted by molar-refractivity contribution is 6.06. The molecule has 1 amide bonds. The standard InChI is InChI=1S/C16H16N4O/c1-3-11-6-4-5-10(2)15(11)17-16(21)12-7-8-13-14(9-12)19-20-18-13/h4-9H,3H2,1-2H3,(H,17,21)(H,18,19,20). The van der Waals surface area contributed by atoms with Crippen molar-refractivity contribution < 1.29 is 4.79 Å². The van der Waals surface area contributed by atoms with Gasteiger partial charge in [-0.15, -0.1) is 0 Å². The number of aromatic nitrogens is 3. The largest absolute Gasteiger partial charge is 0.321 e. The zero-order valence-electron chi connectivity index (χ0n) is 12.0. The molecule has 5 heteroatoms. The molecule has 0 atom stereocenters. The summed E-state index contributed by atoms with van der Waals surface area (Å²) in [5, 5.41) is 13.5. The van der Waals surface area contributed by atoms with Gasteiger partial charge in [0.2, 0.25) is 0 Å². The number of anilines is 1. The van der Waals surface area contributed by atoms with Crippen LogP contribution in [0.5, 0.6) is 0 Å². The van der Waals surface area contributed by atoms with Crippen LogP contribution in [-0.2, 0) is 6.42 Å². The van der Waals surface area contributed by atoms with Gasteiger partial charge in [0, 0.05) is 11.3 Å². The molecule has 0 aliphatic carbocycles. The smallest absolute Gasteiger partial charge is 0.255 e. The molecule has 0 radical (unpaired) electrons. The van der Waals surface area contributed by atoms with Crippen molar-refractivity contribution in [3.05, 3.63) is 53.1 Å². The van der Waals surface area contributed by atoms with Crippen molar-refractivity contribution in [3.8, 4) is 0 Å². The number of H-pyrrole nitrogens is 1. The van der Waals surface area contributed by atoms with Gasteiger partial charge in [-0.05, 0) is 42.7 Å². The fourth-order valence-electron chi connectivity index (χ4n) is 2.37. The lowest BCUT2D eigenvalue weighted by atomic mass is 10.1. The zero-order valence-corrected chi connectivity index (χ0v) is 12.0. The van der Waals surface area contributed by atoms with Crippen molar-refractivity contribution in [2.45, 2.75) is 20.3 Å². The van der Waals surface area contributed by atoms with Gasteiger partial charge in [0.1, 0.15) is 11.0 Å². The highest BCUT2D eigenvalue weighted by Gasteiger charge is 2.11. The van der Waals surface area contributed by atoms with E-state index in [4.69, 9.17) is 0 Å². The van der Waals surface area contributed by atoms with Crippen molar-refractivity contribution in [2.75, 3.05) is 5.32 Å². The van der Waals surface area contributed by atoms with E-state index in [1.54, 1.807) is 18.2 Å². The average Bonchev–Trinajstić information content (AvgIpc) is 2.96. The summed E-state index contributed by atoms with van der Waals surface area (Å²) in [6, 6.07) is 11.3. The lowest BCUT2D eigenvalue weighted by molar-refractivity contribution is 0.102. The lowest BCUT2D eigenvalue weighted by Crippen LogP contribution is -2.14. The van der Waals surface area contributed by atoms with Gasteiger partial charge in [-0.3, -0.25) is 4.79 Å². The molecule has 3 aromatic rings. The van der Waals surface area contributed by atoms with Gasteiger partial charge in [0.25, 0.3) is 5.91 Å². The van der Waals surface area contributed by atoms with E-state index in [1.165, 1.54) is 0 Å². The molecule has 0 aliphatic rings. The second-order valence-electron chi connectivity index (χ2n) is 4.94. The summed E-state index contributed by atoms with van der Waals surface area (Å²) in [7, 11) is 0. The number of aryl methyl sites for hydroxylation is 2. The summed E-state index contributed by atoms with van der Waals surface area (Å²) in [5.74, 6) is -0.135. The number of benzene rings is 2. The number of carbonyl (C=O) groups excluding carboxylic acids is 1. The Morgan fingerprint density at radius 1 is 1.19 bits per heavy atom. The predicted molar refractivity (Wildman–Crippen MR) is 82.4 cm³/mol. The van der Waals surface area contributed by atoms with Gasteiger partial charge in [0.05, 0.1) is 0 Å². The summed E-state index contributed by atoms with van der Waals surface area (Å²) >= 11 is 0. The Morgan fingerprint density at radius 2 is 2.00 bits per heavy atom. The van der Waals surface area contributed by atoms with Crippen LogP contribution in [0, 0.1) is 6.92 Å². The monoisotopic (exact) mass is 280 g/mol. The zero-order chi connectivity index (χ0) is 14.8. The Labute approximate surface area is 122 Å². The van der Waals surface area contributed by atoms with Gasteiger partial charge < -0.3 is 5.32 Å². The minimum Gasteiger partial charge on any atom is -0.321 e.